The van der Waals surface area contributed by atoms with Crippen LogP contribution in [0.5, 0.6) is 0 Å². The third-order valence-electron chi connectivity index (χ3n) is 0. The maximum Gasteiger partial charge on any atom is -0.693 e. The van der Waals surface area contributed by atoms with Gasteiger partial charge in [0.15, 0.2) is 0 Å². The summed E-state index contributed by atoms with van der Waals surface area (Å²) in [5.41, 5.74) is 0. The summed E-state index contributed by atoms with van der Waals surface area (Å²) in [5, 5.41) is 0. The Morgan fingerprint density at radius 2 is 1.00 bits per heavy atom. The molecule has 0 saturated carbocycles. The Hall–Kier alpha value is 0.716. The molecule has 0 bridgehead atoms. The van der Waals surface area contributed by atoms with Crippen molar-refractivity contribution in [3.05, 3.63) is 12.3 Å². The van der Waals surface area contributed by atoms with E-state index < -0.39 is 0 Å². The van der Waals surface area contributed by atoms with Crippen LogP contribution >= 0.6 is 10.1 Å². The molecule has 30 valence electrons. The van der Waals surface area contributed by atoms with Gasteiger partial charge in [0, 0.05) is 0 Å². The molecule has 0 aliphatic heterocycles. The summed E-state index contributed by atoms with van der Waals surface area (Å²) in [5.74, 6) is 0. The summed E-state index contributed by atoms with van der Waals surface area (Å²) in [4.78, 5) is 0. The fourth-order valence-corrected chi connectivity index (χ4v) is 0. The van der Waals surface area contributed by atoms with Gasteiger partial charge in [0.2, 0.25) is 0 Å². The van der Waals surface area contributed by atoms with E-state index in [2.05, 4.69) is 25.0 Å². The Morgan fingerprint density at radius 1 is 1.00 bits per heavy atom. The zero-order valence-electron chi connectivity index (χ0n) is 1.87. The van der Waals surface area contributed by atoms with Gasteiger partial charge >= 0.3 is 25.0 Å². The van der Waals surface area contributed by atoms with Crippen molar-refractivity contribution in [3.63, 3.8) is 0 Å². The molecule has 4 N–H and O–H groups in total. The topological polar surface area (TPSA) is 67.0 Å². The molecule has 0 radical (unpaired) electrons. The standard InChI is InChI=1S/ClH.Co.2H2N/h1H;;2*1H2/q;+3;2*-1/p-1. The zero-order valence-corrected chi connectivity index (χ0v) is 3.66. The largest absolute Gasteiger partial charge is 0.693 e. The monoisotopic (exact) mass is 126 g/mol. The van der Waals surface area contributed by atoms with Crippen LogP contribution in [0.2, 0.25) is 0 Å². The van der Waals surface area contributed by atoms with Gasteiger partial charge < -0.3 is 12.3 Å². The number of halogens is 1. The van der Waals surface area contributed by atoms with Crippen molar-refractivity contribution in [2.45, 2.75) is 0 Å². The number of hydrogen-bond donors (Lipinski definition) is 0. The molecule has 2 nitrogen and oxygen atoms in total. The van der Waals surface area contributed by atoms with Gasteiger partial charge in [0.25, 0.3) is 0 Å². The van der Waals surface area contributed by atoms with Gasteiger partial charge in [-0.25, -0.2) is 0 Å². The van der Waals surface area contributed by atoms with Crippen molar-refractivity contribution >= 4 is 10.1 Å². The minimum Gasteiger partial charge on any atom is -0.693 e. The maximum atomic E-state index is 4.33. The van der Waals surface area contributed by atoms with Crippen LogP contribution in [0.1, 0.15) is 0 Å². The van der Waals surface area contributed by atoms with E-state index in [1.54, 1.807) is 0 Å². The zero-order chi connectivity index (χ0) is 2.00. The van der Waals surface area contributed by atoms with Gasteiger partial charge in [-0.1, -0.05) is 0 Å². The maximum absolute atomic E-state index is 4.33. The first-order valence-electron chi connectivity index (χ1n) is 0.126. The Bertz CT molecular complexity index is 6.00. The van der Waals surface area contributed by atoms with E-state index in [-0.39, 0.29) is 12.3 Å². The van der Waals surface area contributed by atoms with Crippen LogP contribution < -0.4 is 0 Å². The van der Waals surface area contributed by atoms with Crippen LogP contribution in [0, 0.1) is 0 Å². The number of hydrogen-bond acceptors (Lipinski definition) is 0. The second-order valence-electron chi connectivity index (χ2n) is 0. The predicted molar refractivity (Wildman–Crippen MR) is 16.4 cm³/mol. The molecule has 4 heavy (non-hydrogen) atoms. The quantitative estimate of drug-likeness (QED) is 0.477. The van der Waals surface area contributed by atoms with Crippen molar-refractivity contribution in [3.8, 4) is 0 Å². The van der Waals surface area contributed by atoms with Crippen LogP contribution in [-0.2, 0) is 14.8 Å². The van der Waals surface area contributed by atoms with E-state index in [4.69, 9.17) is 0 Å². The van der Waals surface area contributed by atoms with Gasteiger partial charge in [-0.2, -0.15) is 0 Å². The van der Waals surface area contributed by atoms with Crippen LogP contribution in [0.4, 0.5) is 0 Å². The molecular formula is H4ClCoN2. The van der Waals surface area contributed by atoms with Gasteiger partial charge in [-0.3, -0.25) is 0 Å². The molecule has 0 rings (SSSR count). The first kappa shape index (κ1) is 22.1. The van der Waals surface area contributed by atoms with Gasteiger partial charge in [0.1, 0.15) is 0 Å². The fraction of sp³-hybridized carbons (Fsp3) is 0. The molecule has 0 amide bonds. The molecular weight excluding hydrogens is 122 g/mol. The molecule has 0 unspecified atom stereocenters. The Morgan fingerprint density at radius 3 is 1.00 bits per heavy atom. The van der Waals surface area contributed by atoms with E-state index in [1.165, 1.54) is 0 Å². The molecule has 0 saturated heterocycles. The summed E-state index contributed by atoms with van der Waals surface area (Å²) < 4.78 is 0. The molecule has 0 aliphatic carbocycles. The van der Waals surface area contributed by atoms with Gasteiger partial charge in [-0.05, 0) is 0 Å². The third-order valence-corrected chi connectivity index (χ3v) is 0. The minimum atomic E-state index is 0. The second-order valence-corrected chi connectivity index (χ2v) is 0. The van der Waals surface area contributed by atoms with Crippen LogP contribution in [0.25, 0.3) is 12.3 Å². The van der Waals surface area contributed by atoms with Crippen molar-refractivity contribution in [2.75, 3.05) is 0 Å². The van der Waals surface area contributed by atoms with E-state index in [9.17, 15) is 0 Å². The number of nitrogens with two attached hydrogens (primary N) is 2. The van der Waals surface area contributed by atoms with Gasteiger partial charge in [-0.15, -0.1) is 0 Å². The van der Waals surface area contributed by atoms with E-state index in [1.807, 2.05) is 0 Å². The molecule has 0 spiro atoms. The molecule has 0 aromatic heterocycles. The van der Waals surface area contributed by atoms with Gasteiger partial charge in [0.05, 0.1) is 0 Å². The Kier molecular flexibility index (Phi) is 295. The van der Waals surface area contributed by atoms with Crippen molar-refractivity contribution in [1.82, 2.24) is 0 Å². The Balaban J connectivity index is -0.00000000500. The van der Waals surface area contributed by atoms with Crippen molar-refractivity contribution < 1.29 is 14.8 Å². The van der Waals surface area contributed by atoms with Crippen molar-refractivity contribution in [2.24, 2.45) is 0 Å². The summed E-state index contributed by atoms with van der Waals surface area (Å²) in [6, 6.07) is 0. The Labute approximate surface area is 37.9 Å². The summed E-state index contributed by atoms with van der Waals surface area (Å²) in [6.45, 7) is 0. The fourth-order valence-electron chi connectivity index (χ4n) is 0. The predicted octanol–water partition coefficient (Wildman–Crippen LogP) is 2.12. The normalized spacial score (nSPS) is 1.50. The molecule has 0 aliphatic rings. The molecule has 0 heterocycles. The smallest absolute Gasteiger partial charge is 0.693 e. The summed E-state index contributed by atoms with van der Waals surface area (Å²) in [6.07, 6.45) is 0. The third kappa shape index (κ3) is 15.6. The average molecular weight is 126 g/mol. The molecule has 0 aromatic carbocycles. The van der Waals surface area contributed by atoms with E-state index >= 15 is 0 Å². The van der Waals surface area contributed by atoms with Crippen LogP contribution in [0.3, 0.4) is 0 Å². The van der Waals surface area contributed by atoms with E-state index in [0.29, 0.717) is 0 Å². The van der Waals surface area contributed by atoms with E-state index in [0.717, 1.165) is 0 Å². The summed E-state index contributed by atoms with van der Waals surface area (Å²) >= 11 is 3.03. The van der Waals surface area contributed by atoms with Crippen LogP contribution in [-0.4, -0.2) is 0 Å². The SMILES string of the molecule is [Cl][Co+2].[NH2-].[NH2-]. The molecule has 0 aromatic rings. The minimum absolute atomic E-state index is 0. The number of rotatable bonds is 0. The second kappa shape index (κ2) is 53.4. The first-order valence-corrected chi connectivity index (χ1v) is 1.56. The average Bonchev–Trinajstić information content (AvgIpc) is 1.00. The first-order chi connectivity index (χ1) is 1.00. The summed E-state index contributed by atoms with van der Waals surface area (Å²) in [7, 11) is 4.33. The van der Waals surface area contributed by atoms with Crippen LogP contribution in [0.15, 0.2) is 0 Å². The molecule has 0 fully saturated rings. The molecule has 0 atom stereocenters. The van der Waals surface area contributed by atoms with Crippen molar-refractivity contribution in [1.29, 1.82) is 0 Å². The molecule has 4 heteroatoms.